The summed E-state index contributed by atoms with van der Waals surface area (Å²) in [5, 5.41) is 3.89. The maximum absolute atomic E-state index is 16.6. The Hall–Kier alpha value is -3.29. The van der Waals surface area contributed by atoms with Gasteiger partial charge in [0, 0.05) is 55.1 Å². The fourth-order valence-corrected chi connectivity index (χ4v) is 7.97. The molecule has 2 unspecified atom stereocenters. The number of anilines is 2. The van der Waals surface area contributed by atoms with E-state index in [1.807, 2.05) is 0 Å². The van der Waals surface area contributed by atoms with Crippen molar-refractivity contribution in [3.63, 3.8) is 0 Å². The van der Waals surface area contributed by atoms with Crippen LogP contribution in [0.2, 0.25) is 0 Å². The van der Waals surface area contributed by atoms with Crippen molar-refractivity contribution in [2.24, 2.45) is 11.3 Å². The topological polar surface area (TPSA) is 92.4 Å². The molecule has 3 saturated heterocycles. The third-order valence-electron chi connectivity index (χ3n) is 9.72. The van der Waals surface area contributed by atoms with Crippen molar-refractivity contribution < 1.29 is 22.3 Å². The Morgan fingerprint density at radius 2 is 1.91 bits per heavy atom. The van der Waals surface area contributed by atoms with Gasteiger partial charge in [-0.25, -0.2) is 22.5 Å². The van der Waals surface area contributed by atoms with Crippen LogP contribution in [0.25, 0.3) is 32.2 Å². The fraction of sp³-hybridized carbons (Fsp3) is 0.516. The number of likely N-dealkylation sites (tertiary alicyclic amines) is 1. The molecule has 8 rings (SSSR count). The number of thiazole rings is 1. The number of ether oxygens (including phenoxy) is 1. The molecule has 8 nitrogen and oxygen atoms in total. The third kappa shape index (κ3) is 5.02. The second-order valence-electron chi connectivity index (χ2n) is 12.9. The van der Waals surface area contributed by atoms with E-state index in [9.17, 15) is 8.78 Å². The normalized spacial score (nSPS) is 24.8. The summed E-state index contributed by atoms with van der Waals surface area (Å²) in [4.78, 5) is 17.6. The fourth-order valence-electron chi connectivity index (χ4n) is 7.20. The molecule has 4 aliphatic rings. The van der Waals surface area contributed by atoms with Crippen molar-refractivity contribution in [2.75, 3.05) is 56.5 Å². The first-order chi connectivity index (χ1) is 21.2. The number of halogens is 4. The van der Waals surface area contributed by atoms with E-state index in [0.29, 0.717) is 44.4 Å². The summed E-state index contributed by atoms with van der Waals surface area (Å²) >= 11 is 0.925. The molecular formula is C31H33F4N7OS. The van der Waals surface area contributed by atoms with Crippen molar-refractivity contribution in [2.45, 2.75) is 44.3 Å². The van der Waals surface area contributed by atoms with E-state index in [1.54, 1.807) is 0 Å². The minimum Gasteiger partial charge on any atom is -0.463 e. The van der Waals surface area contributed by atoms with Gasteiger partial charge in [0.25, 0.3) is 0 Å². The molecule has 13 heteroatoms. The summed E-state index contributed by atoms with van der Waals surface area (Å²) in [5.74, 6) is -1.31. The molecule has 0 amide bonds. The Balaban J connectivity index is 1.21. The molecule has 1 saturated carbocycles. The highest BCUT2D eigenvalue weighted by molar-refractivity contribution is 7.22. The first-order valence-electron chi connectivity index (χ1n) is 15.3. The Kier molecular flexibility index (Phi) is 6.83. The summed E-state index contributed by atoms with van der Waals surface area (Å²) in [7, 11) is 0. The van der Waals surface area contributed by atoms with Crippen molar-refractivity contribution >= 4 is 43.4 Å². The highest BCUT2D eigenvalue weighted by Gasteiger charge is 2.46. The average molecular weight is 628 g/mol. The second-order valence-corrected chi connectivity index (χ2v) is 14.0. The molecule has 44 heavy (non-hydrogen) atoms. The van der Waals surface area contributed by atoms with E-state index in [1.165, 1.54) is 12.1 Å². The molecule has 3 aliphatic heterocycles. The summed E-state index contributed by atoms with van der Waals surface area (Å²) in [6.45, 7) is 4.53. The van der Waals surface area contributed by atoms with Crippen LogP contribution in [0, 0.1) is 28.8 Å². The molecule has 232 valence electrons. The molecule has 3 N–H and O–H groups in total. The summed E-state index contributed by atoms with van der Waals surface area (Å²) in [6.07, 6.45) is 3.63. The standard InChI is InChI=1S/C31H33F4N7OS/c32-17-4-7-41(12-17)14-31(5-6-31)15-43-30-39-25-20(28(40-30)42-8-3-16-9-18(13-42)37-11-16)10-22(34)23(24(25)35)19-1-2-21(33)27-26(19)38-29(36)44-27/h1-2,10,16-18,37H,3-9,11-15H2,(H2,36,38)/t16?,17-,18?/m1/s1. The SMILES string of the molecule is Nc1nc2c(-c3c(F)cc4c(N5CCC6CNC(C6)C5)nc(OCC5(CN6CC[C@@H](F)C6)CC5)nc4c3F)ccc(F)c2s1. The molecule has 5 heterocycles. The number of alkyl halides is 1. The van der Waals surface area contributed by atoms with E-state index < -0.39 is 23.6 Å². The van der Waals surface area contributed by atoms with Gasteiger partial charge in [0.15, 0.2) is 10.9 Å². The van der Waals surface area contributed by atoms with Gasteiger partial charge in [-0.3, -0.25) is 4.90 Å². The minimum absolute atomic E-state index is 0.0181. The van der Waals surface area contributed by atoms with Gasteiger partial charge in [0.2, 0.25) is 0 Å². The number of hydrogen-bond donors (Lipinski definition) is 2. The number of nitrogen functional groups attached to an aromatic ring is 1. The van der Waals surface area contributed by atoms with Gasteiger partial charge < -0.3 is 20.7 Å². The molecule has 3 atom stereocenters. The molecular weight excluding hydrogens is 594 g/mol. The largest absolute Gasteiger partial charge is 0.463 e. The molecule has 2 bridgehead atoms. The number of fused-ring (bicyclic) bond motifs is 4. The van der Waals surface area contributed by atoms with Gasteiger partial charge in [0.1, 0.15) is 29.1 Å². The Bertz CT molecular complexity index is 1760. The van der Waals surface area contributed by atoms with Gasteiger partial charge >= 0.3 is 6.01 Å². The molecule has 2 aromatic carbocycles. The van der Waals surface area contributed by atoms with E-state index in [2.05, 4.69) is 25.1 Å². The number of nitrogens with zero attached hydrogens (tertiary/aromatic N) is 5. The minimum atomic E-state index is -0.894. The van der Waals surface area contributed by atoms with Gasteiger partial charge in [-0.05, 0) is 62.8 Å². The highest BCUT2D eigenvalue weighted by Crippen LogP contribution is 2.47. The van der Waals surface area contributed by atoms with Crippen molar-refractivity contribution in [3.05, 3.63) is 35.7 Å². The summed E-state index contributed by atoms with van der Waals surface area (Å²) in [5.41, 5.74) is 5.49. The zero-order valence-electron chi connectivity index (χ0n) is 24.1. The van der Waals surface area contributed by atoms with E-state index in [4.69, 9.17) is 15.5 Å². The van der Waals surface area contributed by atoms with Gasteiger partial charge in [-0.1, -0.05) is 11.3 Å². The van der Waals surface area contributed by atoms with Crippen LogP contribution >= 0.6 is 11.3 Å². The molecule has 2 aromatic heterocycles. The van der Waals surface area contributed by atoms with Crippen LogP contribution in [0.4, 0.5) is 28.5 Å². The Morgan fingerprint density at radius 1 is 1.05 bits per heavy atom. The maximum Gasteiger partial charge on any atom is 0.319 e. The first-order valence-corrected chi connectivity index (χ1v) is 16.1. The number of rotatable bonds is 7. The predicted molar refractivity (Wildman–Crippen MR) is 162 cm³/mol. The average Bonchev–Trinajstić information content (AvgIpc) is 3.23. The second kappa shape index (κ2) is 10.7. The van der Waals surface area contributed by atoms with Crippen LogP contribution in [-0.2, 0) is 0 Å². The number of benzene rings is 2. The van der Waals surface area contributed by atoms with Gasteiger partial charge in [0.05, 0.1) is 22.4 Å². The summed E-state index contributed by atoms with van der Waals surface area (Å²) in [6, 6.07) is 4.01. The van der Waals surface area contributed by atoms with Gasteiger partial charge in [-0.2, -0.15) is 9.97 Å². The van der Waals surface area contributed by atoms with E-state index >= 15 is 8.78 Å². The Labute approximate surface area is 255 Å². The monoisotopic (exact) mass is 627 g/mol. The molecule has 4 aromatic rings. The summed E-state index contributed by atoms with van der Waals surface area (Å²) < 4.78 is 67.3. The third-order valence-corrected chi connectivity index (χ3v) is 10.6. The van der Waals surface area contributed by atoms with E-state index in [-0.39, 0.29) is 54.8 Å². The lowest BCUT2D eigenvalue weighted by Crippen LogP contribution is -2.39. The number of nitrogens with two attached hydrogens (primary N) is 1. The zero-order chi connectivity index (χ0) is 30.2. The van der Waals surface area contributed by atoms with Crippen LogP contribution in [0.5, 0.6) is 6.01 Å². The zero-order valence-corrected chi connectivity index (χ0v) is 24.9. The lowest BCUT2D eigenvalue weighted by molar-refractivity contribution is 0.165. The molecule has 4 fully saturated rings. The van der Waals surface area contributed by atoms with Crippen molar-refractivity contribution in [3.8, 4) is 17.1 Å². The predicted octanol–water partition coefficient (Wildman–Crippen LogP) is 5.30. The lowest BCUT2D eigenvalue weighted by Gasteiger charge is -2.28. The van der Waals surface area contributed by atoms with Crippen LogP contribution in [-0.4, -0.2) is 77.9 Å². The van der Waals surface area contributed by atoms with Gasteiger partial charge in [-0.15, -0.1) is 0 Å². The van der Waals surface area contributed by atoms with Crippen LogP contribution in [0.15, 0.2) is 18.2 Å². The lowest BCUT2D eigenvalue weighted by atomic mass is 10.0. The smallest absolute Gasteiger partial charge is 0.319 e. The highest BCUT2D eigenvalue weighted by atomic mass is 32.1. The number of nitrogens with one attached hydrogen (secondary N) is 1. The molecule has 0 radical (unpaired) electrons. The Morgan fingerprint density at radius 3 is 2.70 bits per heavy atom. The quantitative estimate of drug-likeness (QED) is 0.267. The molecule has 0 spiro atoms. The maximum atomic E-state index is 16.6. The number of hydrogen-bond acceptors (Lipinski definition) is 9. The number of aromatic nitrogens is 3. The van der Waals surface area contributed by atoms with Crippen LogP contribution < -0.4 is 20.7 Å². The van der Waals surface area contributed by atoms with E-state index in [0.717, 1.165) is 62.7 Å². The first kappa shape index (κ1) is 28.2. The molecule has 1 aliphatic carbocycles. The van der Waals surface area contributed by atoms with Crippen molar-refractivity contribution in [1.82, 2.24) is 25.2 Å². The van der Waals surface area contributed by atoms with Crippen LogP contribution in [0.1, 0.15) is 32.1 Å². The van der Waals surface area contributed by atoms with Crippen molar-refractivity contribution in [1.29, 1.82) is 0 Å². The van der Waals surface area contributed by atoms with Crippen LogP contribution in [0.3, 0.4) is 0 Å².